The number of aromatic nitrogens is 1. The minimum atomic E-state index is -0.475. The van der Waals surface area contributed by atoms with Crippen LogP contribution in [0.4, 0.5) is 5.69 Å². The van der Waals surface area contributed by atoms with Crippen LogP contribution in [-0.2, 0) is 7.05 Å². The second kappa shape index (κ2) is 7.04. The van der Waals surface area contributed by atoms with E-state index in [1.165, 1.54) is 16.8 Å². The minimum Gasteiger partial charge on any atom is -0.340 e. The minimum absolute atomic E-state index is 0.0448. The van der Waals surface area contributed by atoms with Gasteiger partial charge in [-0.15, -0.1) is 0 Å². The van der Waals surface area contributed by atoms with Gasteiger partial charge in [-0.2, -0.15) is 0 Å². The summed E-state index contributed by atoms with van der Waals surface area (Å²) in [5, 5.41) is 11.7. The lowest BCUT2D eigenvalue weighted by Crippen LogP contribution is -2.36. The largest absolute Gasteiger partial charge is 0.340 e. The highest BCUT2D eigenvalue weighted by Gasteiger charge is 2.24. The molecule has 0 aromatic carbocycles. The van der Waals surface area contributed by atoms with Crippen LogP contribution in [0.25, 0.3) is 0 Å². The summed E-state index contributed by atoms with van der Waals surface area (Å²) >= 11 is 3.43. The maximum absolute atomic E-state index is 12.5. The van der Waals surface area contributed by atoms with Gasteiger partial charge in [0.05, 0.1) is 11.1 Å². The van der Waals surface area contributed by atoms with Gasteiger partial charge in [0.15, 0.2) is 0 Å². The first-order valence-electron chi connectivity index (χ1n) is 6.91. The number of aryl methyl sites for hydroxylation is 1. The van der Waals surface area contributed by atoms with Crippen LogP contribution in [0.15, 0.2) is 12.3 Å². The van der Waals surface area contributed by atoms with E-state index in [0.717, 1.165) is 31.4 Å². The van der Waals surface area contributed by atoms with Crippen molar-refractivity contribution in [2.45, 2.75) is 6.42 Å². The third-order valence-electron chi connectivity index (χ3n) is 3.70. The van der Waals surface area contributed by atoms with Crippen molar-refractivity contribution in [1.29, 1.82) is 0 Å². The molecule has 0 spiro atoms. The van der Waals surface area contributed by atoms with E-state index in [1.54, 1.807) is 11.9 Å². The monoisotopic (exact) mass is 358 g/mol. The average molecular weight is 359 g/mol. The Bertz CT molecular complexity index is 531. The van der Waals surface area contributed by atoms with Crippen molar-refractivity contribution in [2.75, 3.05) is 38.1 Å². The zero-order valence-corrected chi connectivity index (χ0v) is 13.6. The molecule has 0 aliphatic carbocycles. The topological polar surface area (TPSA) is 71.6 Å². The van der Waals surface area contributed by atoms with Crippen LogP contribution in [0.2, 0.25) is 0 Å². The highest BCUT2D eigenvalue weighted by molar-refractivity contribution is 9.09. The van der Waals surface area contributed by atoms with E-state index < -0.39 is 4.92 Å². The molecule has 1 aromatic heterocycles. The second-order valence-corrected chi connectivity index (χ2v) is 5.92. The number of nitrogens with zero attached hydrogens (tertiary/aromatic N) is 4. The molecule has 8 heteroatoms. The van der Waals surface area contributed by atoms with Crippen LogP contribution in [0, 0.1) is 10.1 Å². The smallest absolute Gasteiger partial charge is 0.287 e. The summed E-state index contributed by atoms with van der Waals surface area (Å²) in [4.78, 5) is 26.9. The molecule has 21 heavy (non-hydrogen) atoms. The first-order valence-corrected chi connectivity index (χ1v) is 8.03. The van der Waals surface area contributed by atoms with Crippen molar-refractivity contribution in [3.8, 4) is 0 Å². The summed E-state index contributed by atoms with van der Waals surface area (Å²) in [6, 6.07) is 1.35. The summed E-state index contributed by atoms with van der Waals surface area (Å²) in [5.74, 6) is -0.133. The van der Waals surface area contributed by atoms with Crippen LogP contribution in [0.1, 0.15) is 16.9 Å². The Kier molecular flexibility index (Phi) is 5.35. The highest BCUT2D eigenvalue weighted by Crippen LogP contribution is 2.17. The third kappa shape index (κ3) is 3.82. The number of rotatable bonds is 4. The lowest BCUT2D eigenvalue weighted by molar-refractivity contribution is -0.384. The summed E-state index contributed by atoms with van der Waals surface area (Å²) in [6.07, 6.45) is 2.30. The Hall–Kier alpha value is -1.41. The van der Waals surface area contributed by atoms with Crippen molar-refractivity contribution in [3.63, 3.8) is 0 Å². The van der Waals surface area contributed by atoms with E-state index in [0.29, 0.717) is 18.8 Å². The SMILES string of the molecule is Cn1cc([N+](=O)[O-])cc1C(=O)N1CCCN(CCBr)CC1. The molecule has 1 aliphatic rings. The number of carbonyl (C=O) groups is 1. The Morgan fingerprint density at radius 1 is 1.38 bits per heavy atom. The molecule has 0 atom stereocenters. The molecular weight excluding hydrogens is 340 g/mol. The van der Waals surface area contributed by atoms with Gasteiger partial charge in [-0.1, -0.05) is 15.9 Å². The molecule has 1 fully saturated rings. The molecule has 0 radical (unpaired) electrons. The molecule has 1 amide bonds. The van der Waals surface area contributed by atoms with Gasteiger partial charge in [0, 0.05) is 44.6 Å². The van der Waals surface area contributed by atoms with Crippen LogP contribution in [-0.4, -0.2) is 63.3 Å². The van der Waals surface area contributed by atoms with Gasteiger partial charge in [-0.3, -0.25) is 14.9 Å². The number of halogens is 1. The molecule has 1 saturated heterocycles. The van der Waals surface area contributed by atoms with E-state index in [-0.39, 0.29) is 11.6 Å². The molecule has 0 bridgehead atoms. The van der Waals surface area contributed by atoms with E-state index in [4.69, 9.17) is 0 Å². The number of carbonyl (C=O) groups excluding carboxylic acids is 1. The predicted molar refractivity (Wildman–Crippen MR) is 82.8 cm³/mol. The predicted octanol–water partition coefficient (Wildman–Crippen LogP) is 1.48. The van der Waals surface area contributed by atoms with Gasteiger partial charge >= 0.3 is 0 Å². The lowest BCUT2D eigenvalue weighted by atomic mass is 10.3. The van der Waals surface area contributed by atoms with Crippen LogP contribution in [0.3, 0.4) is 0 Å². The molecule has 116 valence electrons. The van der Waals surface area contributed by atoms with E-state index in [2.05, 4.69) is 20.8 Å². The zero-order chi connectivity index (χ0) is 15.4. The number of amides is 1. The highest BCUT2D eigenvalue weighted by atomic mass is 79.9. The van der Waals surface area contributed by atoms with Gasteiger partial charge in [-0.05, 0) is 13.0 Å². The standard InChI is InChI=1S/C13H19BrN4O3/c1-15-10-11(18(20)21)9-12(15)13(19)17-5-2-4-16(6-3-14)7-8-17/h9-10H,2-8H2,1H3. The van der Waals surface area contributed by atoms with Crippen LogP contribution in [0.5, 0.6) is 0 Å². The van der Waals surface area contributed by atoms with Crippen molar-refractivity contribution in [1.82, 2.24) is 14.4 Å². The van der Waals surface area contributed by atoms with Crippen LogP contribution >= 0.6 is 15.9 Å². The Labute approximate surface area is 131 Å². The average Bonchev–Trinajstić information content (AvgIpc) is 2.68. The molecule has 2 rings (SSSR count). The summed E-state index contributed by atoms with van der Waals surface area (Å²) < 4.78 is 1.53. The quantitative estimate of drug-likeness (QED) is 0.464. The fourth-order valence-corrected chi connectivity index (χ4v) is 3.04. The molecule has 7 nitrogen and oxygen atoms in total. The van der Waals surface area contributed by atoms with Gasteiger partial charge in [-0.25, -0.2) is 0 Å². The second-order valence-electron chi connectivity index (χ2n) is 5.13. The fraction of sp³-hybridized carbons (Fsp3) is 0.615. The zero-order valence-electron chi connectivity index (χ0n) is 12.0. The Morgan fingerprint density at radius 2 is 2.14 bits per heavy atom. The number of alkyl halides is 1. The van der Waals surface area contributed by atoms with Crippen molar-refractivity contribution < 1.29 is 9.72 Å². The fourth-order valence-electron chi connectivity index (χ4n) is 2.54. The van der Waals surface area contributed by atoms with E-state index >= 15 is 0 Å². The molecule has 0 unspecified atom stereocenters. The van der Waals surface area contributed by atoms with Gasteiger partial charge in [0.25, 0.3) is 11.6 Å². The Balaban J connectivity index is 2.07. The molecular formula is C13H19BrN4O3. The van der Waals surface area contributed by atoms with Gasteiger partial charge < -0.3 is 14.4 Å². The normalized spacial score (nSPS) is 16.8. The van der Waals surface area contributed by atoms with E-state index in [9.17, 15) is 14.9 Å². The molecule has 0 N–H and O–H groups in total. The van der Waals surface area contributed by atoms with Crippen molar-refractivity contribution in [2.24, 2.45) is 7.05 Å². The molecule has 1 aliphatic heterocycles. The van der Waals surface area contributed by atoms with Gasteiger partial charge in [0.1, 0.15) is 5.69 Å². The summed E-state index contributed by atoms with van der Waals surface area (Å²) in [6.45, 7) is 4.13. The number of hydrogen-bond donors (Lipinski definition) is 0. The first-order chi connectivity index (χ1) is 10.0. The molecule has 1 aromatic rings. The maximum Gasteiger partial charge on any atom is 0.287 e. The summed E-state index contributed by atoms with van der Waals surface area (Å²) in [7, 11) is 1.66. The van der Waals surface area contributed by atoms with Crippen LogP contribution < -0.4 is 0 Å². The summed E-state index contributed by atoms with van der Waals surface area (Å²) in [5.41, 5.74) is 0.326. The van der Waals surface area contributed by atoms with E-state index in [1.807, 2.05) is 0 Å². The lowest BCUT2D eigenvalue weighted by Gasteiger charge is -2.21. The molecule has 2 heterocycles. The third-order valence-corrected chi connectivity index (χ3v) is 4.05. The maximum atomic E-state index is 12.5. The number of hydrogen-bond acceptors (Lipinski definition) is 4. The Morgan fingerprint density at radius 3 is 2.76 bits per heavy atom. The van der Waals surface area contributed by atoms with Crippen molar-refractivity contribution >= 4 is 27.5 Å². The van der Waals surface area contributed by atoms with Gasteiger partial charge in [0.2, 0.25) is 0 Å². The van der Waals surface area contributed by atoms with Crippen molar-refractivity contribution in [3.05, 3.63) is 28.1 Å². The number of nitro groups is 1. The first kappa shape index (κ1) is 16.0. The molecule has 0 saturated carbocycles.